The van der Waals surface area contributed by atoms with E-state index in [1.807, 2.05) is 0 Å². The van der Waals surface area contributed by atoms with Gasteiger partial charge < -0.3 is 10.4 Å². The van der Waals surface area contributed by atoms with Crippen LogP contribution in [-0.2, 0) is 21.4 Å². The van der Waals surface area contributed by atoms with E-state index in [-0.39, 0.29) is 30.3 Å². The monoisotopic (exact) mass is 410 g/mol. The molecule has 1 aromatic carbocycles. The first kappa shape index (κ1) is 24.4. The second kappa shape index (κ2) is 10.3. The van der Waals surface area contributed by atoms with Gasteiger partial charge in [0.25, 0.3) is 0 Å². The Morgan fingerprint density at radius 1 is 1.18 bits per heavy atom. The molecule has 1 atom stereocenters. The molecule has 0 bridgehead atoms. The van der Waals surface area contributed by atoms with Gasteiger partial charge in [0, 0.05) is 6.54 Å². The van der Waals surface area contributed by atoms with Gasteiger partial charge in [0.1, 0.15) is 6.04 Å². The Morgan fingerprint density at radius 2 is 1.79 bits per heavy atom. The molecule has 1 unspecified atom stereocenters. The van der Waals surface area contributed by atoms with Crippen molar-refractivity contribution < 1.29 is 14.7 Å². The van der Waals surface area contributed by atoms with Crippen molar-refractivity contribution in [3.8, 4) is 0 Å². The molecule has 0 saturated carbocycles. The van der Waals surface area contributed by atoms with E-state index in [1.54, 1.807) is 4.90 Å². The Bertz CT molecular complexity index is 675. The summed E-state index contributed by atoms with van der Waals surface area (Å²) in [5, 5.41) is 12.3. The summed E-state index contributed by atoms with van der Waals surface area (Å²) in [5.41, 5.74) is 5.25. The third-order valence-electron chi connectivity index (χ3n) is 5.50. The van der Waals surface area contributed by atoms with Crippen molar-refractivity contribution in [3.05, 3.63) is 34.4 Å². The maximum atomic E-state index is 12.3. The molecule has 2 N–H and O–H groups in total. The molecule has 0 aliphatic carbocycles. The number of carboxylic acid groups (broad SMARTS) is 1. The van der Waals surface area contributed by atoms with Gasteiger partial charge in [0.15, 0.2) is 0 Å². The van der Waals surface area contributed by atoms with Gasteiger partial charge in [-0.2, -0.15) is 0 Å². The van der Waals surface area contributed by atoms with Gasteiger partial charge in [-0.3, -0.25) is 14.5 Å². The molecule has 28 heavy (non-hydrogen) atoms. The van der Waals surface area contributed by atoms with E-state index in [9.17, 15) is 14.7 Å². The van der Waals surface area contributed by atoms with Gasteiger partial charge in [-0.15, -0.1) is 12.4 Å². The molecule has 1 saturated heterocycles. The van der Waals surface area contributed by atoms with E-state index < -0.39 is 12.0 Å². The number of carbonyl (C=O) groups excluding carboxylic acids is 1. The molecule has 1 aliphatic heterocycles. The van der Waals surface area contributed by atoms with Crippen molar-refractivity contribution in [2.24, 2.45) is 0 Å². The van der Waals surface area contributed by atoms with E-state index in [2.05, 4.69) is 52.1 Å². The Kier molecular flexibility index (Phi) is 8.96. The summed E-state index contributed by atoms with van der Waals surface area (Å²) in [6.07, 6.45) is 3.28. The first-order chi connectivity index (χ1) is 12.6. The molecule has 0 radical (unpaired) electrons. The van der Waals surface area contributed by atoms with Crippen LogP contribution in [0.4, 0.5) is 0 Å². The summed E-state index contributed by atoms with van der Waals surface area (Å²) >= 11 is 0. The molecule has 1 amide bonds. The van der Waals surface area contributed by atoms with E-state index in [4.69, 9.17) is 0 Å². The van der Waals surface area contributed by atoms with Crippen LogP contribution in [0, 0.1) is 13.8 Å². The number of hydrogen-bond donors (Lipinski definition) is 2. The third kappa shape index (κ3) is 6.49. The van der Waals surface area contributed by atoms with E-state index in [0.717, 1.165) is 19.3 Å². The second-order valence-corrected chi connectivity index (χ2v) is 8.76. The SMILES string of the molecule is Cc1cc(C(C)(C)C)cc(C)c1CCNC(=O)CN1CCCCC1C(=O)O.Cl. The smallest absolute Gasteiger partial charge is 0.320 e. The van der Waals surface area contributed by atoms with Gasteiger partial charge >= 0.3 is 5.97 Å². The molecule has 6 heteroatoms. The predicted octanol–water partition coefficient (Wildman–Crippen LogP) is 3.62. The summed E-state index contributed by atoms with van der Waals surface area (Å²) in [6.45, 7) is 12.3. The lowest BCUT2D eigenvalue weighted by Gasteiger charge is -2.32. The van der Waals surface area contributed by atoms with E-state index in [0.29, 0.717) is 19.5 Å². The summed E-state index contributed by atoms with van der Waals surface area (Å²) in [7, 11) is 0. The normalized spacial score (nSPS) is 17.7. The van der Waals surface area contributed by atoms with Crippen LogP contribution in [0.1, 0.15) is 62.3 Å². The van der Waals surface area contributed by atoms with Crippen LogP contribution in [0.2, 0.25) is 0 Å². The first-order valence-electron chi connectivity index (χ1n) is 9.93. The molecule has 158 valence electrons. The lowest BCUT2D eigenvalue weighted by atomic mass is 9.83. The molecule has 1 aromatic rings. The maximum Gasteiger partial charge on any atom is 0.320 e. The number of aryl methyl sites for hydroxylation is 2. The number of nitrogens with one attached hydrogen (secondary N) is 1. The third-order valence-corrected chi connectivity index (χ3v) is 5.50. The average molecular weight is 411 g/mol. The predicted molar refractivity (Wildman–Crippen MR) is 115 cm³/mol. The number of hydrogen-bond acceptors (Lipinski definition) is 3. The van der Waals surface area contributed by atoms with Gasteiger partial charge in [-0.1, -0.05) is 39.3 Å². The summed E-state index contributed by atoms with van der Waals surface area (Å²) < 4.78 is 0. The fraction of sp³-hybridized carbons (Fsp3) is 0.636. The molecular weight excluding hydrogens is 376 g/mol. The Hall–Kier alpha value is -1.59. The zero-order valence-corrected chi connectivity index (χ0v) is 18.6. The molecule has 5 nitrogen and oxygen atoms in total. The van der Waals surface area contributed by atoms with Gasteiger partial charge in [0.05, 0.1) is 6.54 Å². The quantitative estimate of drug-likeness (QED) is 0.751. The van der Waals surface area contributed by atoms with Gasteiger partial charge in [0.2, 0.25) is 5.91 Å². The highest BCUT2D eigenvalue weighted by Crippen LogP contribution is 2.27. The zero-order chi connectivity index (χ0) is 20.2. The number of aliphatic carboxylic acids is 1. The van der Waals surface area contributed by atoms with E-state index in [1.165, 1.54) is 22.3 Å². The number of likely N-dealkylation sites (tertiary alicyclic amines) is 1. The topological polar surface area (TPSA) is 69.6 Å². The Morgan fingerprint density at radius 3 is 2.32 bits per heavy atom. The van der Waals surface area contributed by atoms with Gasteiger partial charge in [-0.25, -0.2) is 0 Å². The zero-order valence-electron chi connectivity index (χ0n) is 17.8. The van der Waals surface area contributed by atoms with Crippen LogP contribution in [0.15, 0.2) is 12.1 Å². The number of carbonyl (C=O) groups is 2. The number of piperidine rings is 1. The summed E-state index contributed by atoms with van der Waals surface area (Å²) in [6, 6.07) is 3.96. The standard InChI is InChI=1S/C22H34N2O3.ClH/c1-15-12-17(22(3,4)5)13-16(2)18(15)9-10-23-20(25)14-24-11-7-6-8-19(24)21(26)27;/h12-13,19H,6-11,14H2,1-5H3,(H,23,25)(H,26,27);1H. The number of halogens is 1. The summed E-state index contributed by atoms with van der Waals surface area (Å²) in [5.74, 6) is -0.919. The van der Waals surface area contributed by atoms with Crippen molar-refractivity contribution in [2.75, 3.05) is 19.6 Å². The molecule has 1 aliphatic rings. The lowest BCUT2D eigenvalue weighted by Crippen LogP contribution is -2.49. The van der Waals surface area contributed by atoms with Crippen molar-refractivity contribution in [1.82, 2.24) is 10.2 Å². The Balaban J connectivity index is 0.00000392. The van der Waals surface area contributed by atoms with Crippen molar-refractivity contribution in [3.63, 3.8) is 0 Å². The lowest BCUT2D eigenvalue weighted by molar-refractivity contribution is -0.145. The molecule has 1 fully saturated rings. The minimum Gasteiger partial charge on any atom is -0.480 e. The molecule has 2 rings (SSSR count). The highest BCUT2D eigenvalue weighted by atomic mass is 35.5. The number of rotatable bonds is 6. The number of nitrogens with zero attached hydrogens (tertiary/aromatic N) is 1. The second-order valence-electron chi connectivity index (χ2n) is 8.76. The summed E-state index contributed by atoms with van der Waals surface area (Å²) in [4.78, 5) is 25.4. The minimum absolute atomic E-state index is 0. The fourth-order valence-electron chi connectivity index (χ4n) is 3.85. The van der Waals surface area contributed by atoms with Crippen molar-refractivity contribution >= 4 is 24.3 Å². The molecule has 1 heterocycles. The minimum atomic E-state index is -0.826. The van der Waals surface area contributed by atoms with Crippen LogP contribution in [-0.4, -0.2) is 47.6 Å². The number of carboxylic acids is 1. The molecule has 0 spiro atoms. The molecule has 0 aromatic heterocycles. The van der Waals surface area contributed by atoms with Crippen LogP contribution in [0.3, 0.4) is 0 Å². The highest BCUT2D eigenvalue weighted by Gasteiger charge is 2.29. The fourth-order valence-corrected chi connectivity index (χ4v) is 3.85. The van der Waals surface area contributed by atoms with Crippen LogP contribution in [0.25, 0.3) is 0 Å². The largest absolute Gasteiger partial charge is 0.480 e. The maximum absolute atomic E-state index is 12.3. The van der Waals surface area contributed by atoms with Crippen LogP contribution < -0.4 is 5.32 Å². The van der Waals surface area contributed by atoms with Crippen LogP contribution >= 0.6 is 12.4 Å². The van der Waals surface area contributed by atoms with Gasteiger partial charge in [-0.05, 0) is 67.3 Å². The highest BCUT2D eigenvalue weighted by molar-refractivity contribution is 5.85. The van der Waals surface area contributed by atoms with Crippen LogP contribution in [0.5, 0.6) is 0 Å². The van der Waals surface area contributed by atoms with Crippen molar-refractivity contribution in [2.45, 2.75) is 71.8 Å². The Labute approximate surface area is 175 Å². The molecular formula is C22H35ClN2O3. The van der Waals surface area contributed by atoms with E-state index >= 15 is 0 Å². The first-order valence-corrected chi connectivity index (χ1v) is 9.93. The number of benzene rings is 1. The van der Waals surface area contributed by atoms with Crippen molar-refractivity contribution in [1.29, 1.82) is 0 Å². The average Bonchev–Trinajstić information content (AvgIpc) is 2.56. The number of amides is 1.